The molecule has 2 fully saturated rings. The molecule has 36 heavy (non-hydrogen) atoms. The van der Waals surface area contributed by atoms with Crippen LogP contribution in [-0.2, 0) is 4.79 Å². The Bertz CT molecular complexity index is 1410. The van der Waals surface area contributed by atoms with Crippen molar-refractivity contribution in [3.8, 4) is 23.1 Å². The van der Waals surface area contributed by atoms with Crippen LogP contribution in [0, 0.1) is 11.3 Å². The van der Waals surface area contributed by atoms with Gasteiger partial charge in [0.15, 0.2) is 5.60 Å². The van der Waals surface area contributed by atoms with E-state index in [-0.39, 0.29) is 5.91 Å². The lowest BCUT2D eigenvalue weighted by molar-refractivity contribution is -0.129. The highest BCUT2D eigenvalue weighted by Gasteiger charge is 2.42. The number of aromatic nitrogens is 2. The first-order valence-corrected chi connectivity index (χ1v) is 12.1. The van der Waals surface area contributed by atoms with Gasteiger partial charge < -0.3 is 20.3 Å². The van der Waals surface area contributed by atoms with Gasteiger partial charge >= 0.3 is 0 Å². The van der Waals surface area contributed by atoms with Gasteiger partial charge in [-0.3, -0.25) is 9.69 Å². The summed E-state index contributed by atoms with van der Waals surface area (Å²) in [7, 11) is 2.17. The first kappa shape index (κ1) is 22.3. The Hall–Kier alpha value is -4.16. The van der Waals surface area contributed by atoms with Gasteiger partial charge in [0, 0.05) is 42.6 Å². The third-order valence-corrected chi connectivity index (χ3v) is 7.29. The molecule has 2 saturated heterocycles. The highest BCUT2D eigenvalue weighted by molar-refractivity contribution is 6.00. The van der Waals surface area contributed by atoms with Gasteiger partial charge in [-0.05, 0) is 63.7 Å². The molecule has 9 heteroatoms. The number of nitrogens with zero attached hydrogens (tertiary/aromatic N) is 5. The molecule has 0 saturated carbocycles. The quantitative estimate of drug-likeness (QED) is 0.580. The summed E-state index contributed by atoms with van der Waals surface area (Å²) in [4.78, 5) is 26.0. The average Bonchev–Trinajstić information content (AvgIpc) is 3.44. The number of nitrogens with one attached hydrogen (secondary N) is 2. The van der Waals surface area contributed by atoms with Crippen LogP contribution in [0.15, 0.2) is 48.7 Å². The molecular formula is C27H27N7O2. The summed E-state index contributed by atoms with van der Waals surface area (Å²) < 4.78 is 5.91. The van der Waals surface area contributed by atoms with Crippen LogP contribution in [0.25, 0.3) is 11.3 Å². The van der Waals surface area contributed by atoms with E-state index in [9.17, 15) is 10.1 Å². The molecule has 4 heterocycles. The van der Waals surface area contributed by atoms with Crippen molar-refractivity contribution in [3.63, 3.8) is 0 Å². The topological polar surface area (TPSA) is 106 Å². The molecular weight excluding hydrogens is 454 g/mol. The van der Waals surface area contributed by atoms with Gasteiger partial charge in [0.1, 0.15) is 11.8 Å². The molecule has 2 aromatic carbocycles. The molecule has 2 N–H and O–H groups in total. The van der Waals surface area contributed by atoms with Crippen LogP contribution in [0.3, 0.4) is 0 Å². The lowest BCUT2D eigenvalue weighted by Gasteiger charge is -2.34. The van der Waals surface area contributed by atoms with Crippen molar-refractivity contribution >= 4 is 28.9 Å². The maximum atomic E-state index is 12.1. The molecule has 0 spiro atoms. The van der Waals surface area contributed by atoms with Crippen molar-refractivity contribution in [2.24, 2.45) is 0 Å². The number of anilines is 4. The van der Waals surface area contributed by atoms with Crippen LogP contribution in [0.5, 0.6) is 5.75 Å². The second-order valence-corrected chi connectivity index (χ2v) is 10.1. The summed E-state index contributed by atoms with van der Waals surface area (Å²) >= 11 is 0. The van der Waals surface area contributed by atoms with Crippen molar-refractivity contribution in [2.75, 3.05) is 35.7 Å². The van der Waals surface area contributed by atoms with Crippen molar-refractivity contribution in [3.05, 3.63) is 54.2 Å². The number of likely N-dealkylation sites (N-methyl/N-ethyl adjacent to an activating group) is 1. The number of carbonyl (C=O) groups is 1. The van der Waals surface area contributed by atoms with E-state index in [1.807, 2.05) is 42.5 Å². The van der Waals surface area contributed by atoms with Crippen LogP contribution in [-0.4, -0.2) is 58.6 Å². The molecule has 2 unspecified atom stereocenters. The summed E-state index contributed by atoms with van der Waals surface area (Å²) in [5.74, 6) is 0.850. The standard InChI is InChI=1S/C27H27N7O2/c1-27(2)25(35)31-22-6-4-16(11-24(22)36-27)21-8-9-29-26(32-21)30-18-5-7-23(17(10-18)13-28)34-15-19-12-20(34)14-33(19)3/h4-11,19-20H,12,14-15H2,1-3H3,(H,31,35)(H,29,30,32). The number of ether oxygens (including phenoxy) is 1. The van der Waals surface area contributed by atoms with E-state index in [1.54, 1.807) is 20.0 Å². The maximum absolute atomic E-state index is 12.1. The van der Waals surface area contributed by atoms with Gasteiger partial charge in [-0.1, -0.05) is 6.07 Å². The van der Waals surface area contributed by atoms with Gasteiger partial charge in [-0.25, -0.2) is 9.97 Å². The summed E-state index contributed by atoms with van der Waals surface area (Å²) in [6.07, 6.45) is 2.84. The fourth-order valence-electron chi connectivity index (χ4n) is 5.29. The summed E-state index contributed by atoms with van der Waals surface area (Å²) in [5, 5.41) is 16.0. The van der Waals surface area contributed by atoms with Crippen molar-refractivity contribution in [1.29, 1.82) is 5.26 Å². The fourth-order valence-corrected chi connectivity index (χ4v) is 5.29. The predicted molar refractivity (Wildman–Crippen MR) is 137 cm³/mol. The SMILES string of the molecule is CN1CC2CC1CN2c1ccc(Nc2nccc(-c3ccc4c(c3)OC(C)(C)C(=O)N4)n2)cc1C#N. The number of fused-ring (bicyclic) bond motifs is 3. The summed E-state index contributed by atoms with van der Waals surface area (Å²) in [6.45, 7) is 5.46. The van der Waals surface area contributed by atoms with Gasteiger partial charge in [0.25, 0.3) is 5.91 Å². The summed E-state index contributed by atoms with van der Waals surface area (Å²) in [5.41, 5.74) is 3.63. The monoisotopic (exact) mass is 481 g/mol. The molecule has 182 valence electrons. The Labute approximate surface area is 209 Å². The number of amides is 1. The molecule has 2 atom stereocenters. The predicted octanol–water partition coefficient (Wildman–Crippen LogP) is 3.76. The van der Waals surface area contributed by atoms with Crippen LogP contribution in [0.2, 0.25) is 0 Å². The van der Waals surface area contributed by atoms with Gasteiger partial charge in [-0.15, -0.1) is 0 Å². The molecule has 0 radical (unpaired) electrons. The number of hydrogen-bond acceptors (Lipinski definition) is 8. The van der Waals surface area contributed by atoms with Crippen LogP contribution >= 0.6 is 0 Å². The lowest BCUT2D eigenvalue weighted by Crippen LogP contribution is -2.45. The van der Waals surface area contributed by atoms with Crippen LogP contribution < -0.4 is 20.3 Å². The fraction of sp³-hybridized carbons (Fsp3) is 0.333. The third kappa shape index (κ3) is 3.80. The minimum absolute atomic E-state index is 0.177. The van der Waals surface area contributed by atoms with Crippen molar-refractivity contribution in [1.82, 2.24) is 14.9 Å². The molecule has 9 nitrogen and oxygen atoms in total. The van der Waals surface area contributed by atoms with Crippen molar-refractivity contribution in [2.45, 2.75) is 38.0 Å². The number of likely N-dealkylation sites (tertiary alicyclic amines) is 1. The number of nitriles is 1. The normalized spacial score (nSPS) is 21.9. The van der Waals surface area contributed by atoms with Crippen LogP contribution in [0.4, 0.5) is 23.0 Å². The smallest absolute Gasteiger partial charge is 0.268 e. The summed E-state index contributed by atoms with van der Waals surface area (Å²) in [6, 6.07) is 16.6. The largest absolute Gasteiger partial charge is 0.476 e. The maximum Gasteiger partial charge on any atom is 0.268 e. The Morgan fingerprint density at radius 3 is 2.78 bits per heavy atom. The second-order valence-electron chi connectivity index (χ2n) is 10.1. The molecule has 1 amide bonds. The molecule has 0 aliphatic carbocycles. The minimum atomic E-state index is -0.945. The van der Waals surface area contributed by atoms with E-state index < -0.39 is 5.60 Å². The molecule has 6 rings (SSSR count). The first-order valence-electron chi connectivity index (χ1n) is 12.1. The van der Waals surface area contributed by atoms with E-state index in [2.05, 4.69) is 43.5 Å². The lowest BCUT2D eigenvalue weighted by atomic mass is 10.0. The van der Waals surface area contributed by atoms with Gasteiger partial charge in [0.05, 0.1) is 22.6 Å². The zero-order chi connectivity index (χ0) is 25.0. The Morgan fingerprint density at radius 1 is 1.17 bits per heavy atom. The Morgan fingerprint density at radius 2 is 2.03 bits per heavy atom. The number of carbonyl (C=O) groups excluding carboxylic acids is 1. The number of piperazine rings is 1. The number of benzene rings is 2. The Kier molecular flexibility index (Phi) is 5.09. The van der Waals surface area contributed by atoms with Crippen molar-refractivity contribution < 1.29 is 9.53 Å². The zero-order valence-electron chi connectivity index (χ0n) is 20.4. The highest BCUT2D eigenvalue weighted by atomic mass is 16.5. The molecule has 3 aliphatic rings. The van der Waals surface area contributed by atoms with E-state index >= 15 is 0 Å². The number of rotatable bonds is 4. The molecule has 3 aromatic rings. The van der Waals surface area contributed by atoms with Crippen LogP contribution in [0.1, 0.15) is 25.8 Å². The second kappa shape index (κ2) is 8.21. The van der Waals surface area contributed by atoms with E-state index in [0.717, 1.165) is 36.4 Å². The Balaban J connectivity index is 1.23. The van der Waals surface area contributed by atoms with Gasteiger partial charge in [-0.2, -0.15) is 5.26 Å². The van der Waals surface area contributed by atoms with E-state index in [1.165, 1.54) is 0 Å². The minimum Gasteiger partial charge on any atom is -0.476 e. The van der Waals surface area contributed by atoms with E-state index in [4.69, 9.17) is 4.74 Å². The molecule has 1 aromatic heterocycles. The number of hydrogen-bond donors (Lipinski definition) is 2. The first-order chi connectivity index (χ1) is 17.3. The van der Waals surface area contributed by atoms with Gasteiger partial charge in [0.2, 0.25) is 5.95 Å². The average molecular weight is 482 g/mol. The molecule has 3 aliphatic heterocycles. The van der Waals surface area contributed by atoms with E-state index in [0.29, 0.717) is 40.7 Å². The third-order valence-electron chi connectivity index (χ3n) is 7.29. The zero-order valence-corrected chi connectivity index (χ0v) is 20.4. The highest BCUT2D eigenvalue weighted by Crippen LogP contribution is 2.38. The molecule has 2 bridgehead atoms.